The quantitative estimate of drug-likeness (QED) is 0.138. The Morgan fingerprint density at radius 3 is 1.12 bits per heavy atom. The molecular weight excluding hydrogens is 867 g/mol. The molecule has 0 unspecified atom stereocenters. The Balaban J connectivity index is 0.000000113. The Kier molecular flexibility index (Phi) is 14.6. The lowest BCUT2D eigenvalue weighted by Crippen LogP contribution is -1.87. The minimum absolute atomic E-state index is 1.23. The number of fused-ring (bicyclic) bond motifs is 8. The van der Waals surface area contributed by atoms with Crippen LogP contribution >= 0.6 is 0 Å². The van der Waals surface area contributed by atoms with Crippen LogP contribution in [0.1, 0.15) is 55.6 Å². The molecule has 0 bridgehead atoms. The second-order valence-corrected chi connectivity index (χ2v) is 19.8. The lowest BCUT2D eigenvalue weighted by Gasteiger charge is -2.11. The molecule has 13 aromatic rings. The van der Waals surface area contributed by atoms with Crippen molar-refractivity contribution in [2.45, 2.75) is 69.2 Å². The summed E-state index contributed by atoms with van der Waals surface area (Å²) in [6, 6.07) is 72.2. The lowest BCUT2D eigenvalue weighted by molar-refractivity contribution is 1.22. The summed E-state index contributed by atoms with van der Waals surface area (Å²) in [6.07, 6.45) is 3.71. The van der Waals surface area contributed by atoms with Crippen LogP contribution in [0.3, 0.4) is 0 Å². The van der Waals surface area contributed by atoms with Crippen LogP contribution in [0.15, 0.2) is 213 Å². The van der Waals surface area contributed by atoms with E-state index < -0.39 is 0 Å². The highest BCUT2D eigenvalue weighted by Gasteiger charge is 2.08. The van der Waals surface area contributed by atoms with Crippen molar-refractivity contribution < 1.29 is 0 Å². The molecule has 12 aromatic carbocycles. The van der Waals surface area contributed by atoms with Crippen molar-refractivity contribution in [3.05, 3.63) is 268 Å². The fourth-order valence-corrected chi connectivity index (χ4v) is 10.4. The number of aromatic nitrogens is 1. The third-order valence-electron chi connectivity index (χ3n) is 14.2. The highest BCUT2D eigenvalue weighted by Crippen LogP contribution is 2.33. The zero-order valence-corrected chi connectivity index (χ0v) is 43.7. The molecule has 0 spiro atoms. The molecule has 0 aliphatic rings. The Hall–Kier alpha value is -8.13. The molecule has 0 saturated heterocycles. The van der Waals surface area contributed by atoms with Gasteiger partial charge in [0.25, 0.3) is 0 Å². The van der Waals surface area contributed by atoms with Gasteiger partial charge >= 0.3 is 0 Å². The molecule has 0 saturated carbocycles. The van der Waals surface area contributed by atoms with Gasteiger partial charge in [0.1, 0.15) is 0 Å². The first kappa shape index (κ1) is 48.9. The molecule has 1 nitrogen and oxygen atoms in total. The Morgan fingerprint density at radius 2 is 0.597 bits per heavy atom. The highest BCUT2D eigenvalue weighted by atomic mass is 14.6. The molecule has 0 fully saturated rings. The number of hydrogen-bond acceptors (Lipinski definition) is 1. The fraction of sp³-hybridized carbons (Fsp3) is 0.141. The van der Waals surface area contributed by atoms with Crippen LogP contribution in [0, 0.1) is 69.2 Å². The molecule has 0 amide bonds. The van der Waals surface area contributed by atoms with Crippen LogP contribution < -0.4 is 0 Å². The number of rotatable bonds is 0. The third kappa shape index (κ3) is 10.8. The first-order valence-corrected chi connectivity index (χ1v) is 25.2. The van der Waals surface area contributed by atoms with Gasteiger partial charge in [-0.3, -0.25) is 4.98 Å². The predicted octanol–water partition coefficient (Wildman–Crippen LogP) is 20.1. The molecule has 1 heterocycles. The Labute approximate surface area is 426 Å². The van der Waals surface area contributed by atoms with Crippen molar-refractivity contribution >= 4 is 86.2 Å². The van der Waals surface area contributed by atoms with Gasteiger partial charge in [0.15, 0.2) is 0 Å². The fourth-order valence-electron chi connectivity index (χ4n) is 10.4. The Bertz CT molecular complexity index is 3870. The van der Waals surface area contributed by atoms with Crippen molar-refractivity contribution in [1.82, 2.24) is 4.98 Å². The highest BCUT2D eigenvalue weighted by molar-refractivity contribution is 6.06. The summed E-state index contributed by atoms with van der Waals surface area (Å²) in [7, 11) is 0. The van der Waals surface area contributed by atoms with Gasteiger partial charge in [-0.15, -0.1) is 0 Å². The molecule has 0 N–H and O–H groups in total. The molecule has 1 aromatic heterocycles. The number of hydrogen-bond donors (Lipinski definition) is 0. The van der Waals surface area contributed by atoms with E-state index in [1.165, 1.54) is 142 Å². The molecule has 0 atom stereocenters. The number of nitrogens with zero attached hydrogens (tertiary/aromatic N) is 1. The summed E-state index contributed by atoms with van der Waals surface area (Å²) in [4.78, 5) is 3.98. The van der Waals surface area contributed by atoms with E-state index in [4.69, 9.17) is 0 Å². The number of benzene rings is 12. The molecule has 1 heteroatoms. The SMILES string of the molecule is Cc1c2ccccc2c(C)c2ccccc12.Cc1cc(C)c2cc3ccccc3cc2c1.Cc1ccc2cc3ccc(C)cc3cc2c1.Cc1cccc2c(C)c3ccccc3cc12.Cc1cncc(C)c1. The maximum absolute atomic E-state index is 3.98. The second-order valence-electron chi connectivity index (χ2n) is 19.8. The summed E-state index contributed by atoms with van der Waals surface area (Å²) >= 11 is 0. The predicted molar refractivity (Wildman–Crippen MR) is 317 cm³/mol. The number of aryl methyl sites for hydroxylation is 10. The van der Waals surface area contributed by atoms with Crippen LogP contribution in [0.4, 0.5) is 0 Å². The van der Waals surface area contributed by atoms with Crippen LogP contribution in [-0.4, -0.2) is 4.98 Å². The molecule has 0 aliphatic heterocycles. The zero-order chi connectivity index (χ0) is 50.5. The minimum atomic E-state index is 1.23. The molecule has 72 heavy (non-hydrogen) atoms. The topological polar surface area (TPSA) is 12.9 Å². The summed E-state index contributed by atoms with van der Waals surface area (Å²) < 4.78 is 0. The van der Waals surface area contributed by atoms with Gasteiger partial charge in [-0.1, -0.05) is 187 Å². The zero-order valence-electron chi connectivity index (χ0n) is 43.7. The van der Waals surface area contributed by atoms with Crippen molar-refractivity contribution in [2.75, 3.05) is 0 Å². The minimum Gasteiger partial charge on any atom is -0.264 e. The van der Waals surface area contributed by atoms with E-state index in [0.717, 1.165) is 0 Å². The van der Waals surface area contributed by atoms with E-state index in [2.05, 4.69) is 261 Å². The van der Waals surface area contributed by atoms with Crippen molar-refractivity contribution in [2.24, 2.45) is 0 Å². The molecule has 354 valence electrons. The summed E-state index contributed by atoms with van der Waals surface area (Å²) in [5, 5.41) is 21.6. The normalized spacial score (nSPS) is 10.9. The van der Waals surface area contributed by atoms with E-state index in [-0.39, 0.29) is 0 Å². The van der Waals surface area contributed by atoms with Gasteiger partial charge in [-0.25, -0.2) is 0 Å². The lowest BCUT2D eigenvalue weighted by atomic mass is 9.93. The molecule has 0 aliphatic carbocycles. The average molecular weight is 932 g/mol. The first-order chi connectivity index (χ1) is 34.8. The van der Waals surface area contributed by atoms with Crippen LogP contribution in [0.2, 0.25) is 0 Å². The van der Waals surface area contributed by atoms with Gasteiger partial charge in [0.05, 0.1) is 0 Å². The van der Waals surface area contributed by atoms with Gasteiger partial charge < -0.3 is 0 Å². The van der Waals surface area contributed by atoms with Crippen molar-refractivity contribution in [3.63, 3.8) is 0 Å². The van der Waals surface area contributed by atoms with E-state index in [9.17, 15) is 0 Å². The standard InChI is InChI=1S/4C16H14.C7H9N/c1-11-3-5-13-9-14-6-4-12(2)8-16(14)10-15(13)7-11;1-11-13-7-3-5-9-15(13)12(2)16-10-6-4-8-14(11)16;1-11-6-5-9-15-12(2)14-8-4-3-7-13(14)10-16(11)15;1-11-7-12(2)16-10-14-6-4-3-5-13(14)9-15(16)8-11;1-6-3-7(2)5-8-4-6/h4*3-10H,1-2H3;3-5H,1-2H3. The molecule has 0 radical (unpaired) electrons. The maximum atomic E-state index is 3.98. The van der Waals surface area contributed by atoms with E-state index in [0.29, 0.717) is 0 Å². The van der Waals surface area contributed by atoms with Crippen LogP contribution in [0.25, 0.3) is 86.2 Å². The number of pyridine rings is 1. The van der Waals surface area contributed by atoms with Crippen LogP contribution in [0.5, 0.6) is 0 Å². The summed E-state index contributed by atoms with van der Waals surface area (Å²) in [5.74, 6) is 0. The van der Waals surface area contributed by atoms with Gasteiger partial charge in [0.2, 0.25) is 0 Å². The van der Waals surface area contributed by atoms with Gasteiger partial charge in [0, 0.05) is 12.4 Å². The average Bonchev–Trinajstić information content (AvgIpc) is 3.38. The first-order valence-electron chi connectivity index (χ1n) is 25.2. The Morgan fingerprint density at radius 1 is 0.208 bits per heavy atom. The van der Waals surface area contributed by atoms with Crippen molar-refractivity contribution in [1.29, 1.82) is 0 Å². The largest absolute Gasteiger partial charge is 0.264 e. The second kappa shape index (κ2) is 21.5. The molecule has 13 rings (SSSR count). The third-order valence-corrected chi connectivity index (χ3v) is 14.2. The summed E-state index contributed by atoms with van der Waals surface area (Å²) in [5.41, 5.74) is 13.3. The summed E-state index contributed by atoms with van der Waals surface area (Å²) in [6.45, 7) is 21.5. The van der Waals surface area contributed by atoms with E-state index in [1.807, 2.05) is 26.2 Å². The van der Waals surface area contributed by atoms with E-state index >= 15 is 0 Å². The van der Waals surface area contributed by atoms with Crippen molar-refractivity contribution in [3.8, 4) is 0 Å². The maximum Gasteiger partial charge on any atom is 0.0297 e. The smallest absolute Gasteiger partial charge is 0.0297 e. The van der Waals surface area contributed by atoms with Gasteiger partial charge in [-0.05, 0) is 225 Å². The molecular formula is C71H65N. The van der Waals surface area contributed by atoms with Crippen LogP contribution in [-0.2, 0) is 0 Å². The monoisotopic (exact) mass is 932 g/mol. The van der Waals surface area contributed by atoms with E-state index in [1.54, 1.807) is 0 Å². The van der Waals surface area contributed by atoms with Gasteiger partial charge in [-0.2, -0.15) is 0 Å².